The number of nitrogens with zero attached hydrogens (tertiary/aromatic N) is 3. The number of hydrogen-bond acceptors (Lipinski definition) is 5. The van der Waals surface area contributed by atoms with Gasteiger partial charge < -0.3 is 15.2 Å². The van der Waals surface area contributed by atoms with Crippen molar-refractivity contribution in [1.29, 1.82) is 0 Å². The molecular formula is C25H30BrN5O2S. The van der Waals surface area contributed by atoms with Crippen LogP contribution >= 0.6 is 27.7 Å². The van der Waals surface area contributed by atoms with Gasteiger partial charge >= 0.3 is 0 Å². The molecule has 0 radical (unpaired) electrons. The van der Waals surface area contributed by atoms with Gasteiger partial charge in [-0.25, -0.2) is 0 Å². The molecule has 0 spiro atoms. The van der Waals surface area contributed by atoms with E-state index in [4.69, 9.17) is 0 Å². The van der Waals surface area contributed by atoms with Crippen molar-refractivity contribution in [3.8, 4) is 0 Å². The van der Waals surface area contributed by atoms with E-state index in [9.17, 15) is 9.59 Å². The van der Waals surface area contributed by atoms with Crippen molar-refractivity contribution in [2.45, 2.75) is 45.8 Å². The Bertz CT molecular complexity index is 1190. The average Bonchev–Trinajstić information content (AvgIpc) is 3.14. The van der Waals surface area contributed by atoms with Crippen LogP contribution in [0.15, 0.2) is 46.0 Å². The molecule has 0 bridgehead atoms. The van der Waals surface area contributed by atoms with E-state index in [1.165, 1.54) is 11.8 Å². The number of carbonyl (C=O) groups is 2. The molecule has 2 aromatic carbocycles. The minimum Gasteiger partial charge on any atom is -0.342 e. The lowest BCUT2D eigenvalue weighted by molar-refractivity contribution is -0.113. The van der Waals surface area contributed by atoms with E-state index in [1.807, 2.05) is 82.6 Å². The van der Waals surface area contributed by atoms with Crippen LogP contribution in [0.2, 0.25) is 0 Å². The van der Waals surface area contributed by atoms with E-state index in [-0.39, 0.29) is 29.5 Å². The topological polar surface area (TPSA) is 88.9 Å². The Hall–Kier alpha value is -2.65. The summed E-state index contributed by atoms with van der Waals surface area (Å²) in [6, 6.07) is 11.1. The predicted octanol–water partition coefficient (Wildman–Crippen LogP) is 5.36. The predicted molar refractivity (Wildman–Crippen MR) is 140 cm³/mol. The number of amides is 2. The number of benzene rings is 2. The summed E-state index contributed by atoms with van der Waals surface area (Å²) >= 11 is 4.81. The number of rotatable bonds is 8. The van der Waals surface area contributed by atoms with Crippen molar-refractivity contribution in [2.24, 2.45) is 13.0 Å². The molecular weight excluding hydrogens is 514 g/mol. The van der Waals surface area contributed by atoms with Gasteiger partial charge in [-0.1, -0.05) is 43.3 Å². The van der Waals surface area contributed by atoms with Gasteiger partial charge in [0.25, 0.3) is 5.91 Å². The smallest absolute Gasteiger partial charge is 0.251 e. The van der Waals surface area contributed by atoms with Gasteiger partial charge in [0.05, 0.1) is 17.5 Å². The lowest BCUT2D eigenvalue weighted by Gasteiger charge is -2.21. The summed E-state index contributed by atoms with van der Waals surface area (Å²) in [7, 11) is 1.85. The van der Waals surface area contributed by atoms with E-state index < -0.39 is 0 Å². The average molecular weight is 545 g/mol. The SMILES string of the molecule is Cc1ccc(C(=O)N[C@H](c2nnc(SCC(=O)Nc3cc(C)c(C)cc3Br)n2C)C(C)C)cc1. The Morgan fingerprint density at radius 2 is 1.71 bits per heavy atom. The molecule has 0 aliphatic rings. The summed E-state index contributed by atoms with van der Waals surface area (Å²) in [6.07, 6.45) is 0. The zero-order valence-corrected chi connectivity index (χ0v) is 22.7. The highest BCUT2D eigenvalue weighted by Gasteiger charge is 2.25. The fourth-order valence-corrected chi connectivity index (χ4v) is 4.65. The third-order valence-electron chi connectivity index (χ3n) is 5.60. The van der Waals surface area contributed by atoms with Gasteiger partial charge in [-0.15, -0.1) is 10.2 Å². The highest BCUT2D eigenvalue weighted by atomic mass is 79.9. The third-order valence-corrected chi connectivity index (χ3v) is 7.28. The van der Waals surface area contributed by atoms with Crippen LogP contribution in [0.4, 0.5) is 5.69 Å². The normalized spacial score (nSPS) is 12.0. The molecule has 0 unspecified atom stereocenters. The first-order valence-electron chi connectivity index (χ1n) is 11.0. The minimum atomic E-state index is -0.319. The second-order valence-corrected chi connectivity index (χ2v) is 10.5. The second-order valence-electron chi connectivity index (χ2n) is 8.71. The van der Waals surface area contributed by atoms with Crippen LogP contribution in [0.5, 0.6) is 0 Å². The number of anilines is 1. The van der Waals surface area contributed by atoms with E-state index >= 15 is 0 Å². The van der Waals surface area contributed by atoms with Crippen LogP contribution in [0.25, 0.3) is 0 Å². The molecule has 1 aromatic heterocycles. The van der Waals surface area contributed by atoms with Gasteiger partial charge in [-0.2, -0.15) is 0 Å². The maximum absolute atomic E-state index is 12.8. The Labute approximate surface area is 213 Å². The van der Waals surface area contributed by atoms with Crippen LogP contribution in [0.3, 0.4) is 0 Å². The lowest BCUT2D eigenvalue weighted by Crippen LogP contribution is -2.33. The fraction of sp³-hybridized carbons (Fsp3) is 0.360. The molecule has 7 nitrogen and oxygen atoms in total. The first-order chi connectivity index (χ1) is 16.1. The molecule has 0 aliphatic carbocycles. The Morgan fingerprint density at radius 1 is 1.06 bits per heavy atom. The van der Waals surface area contributed by atoms with Crippen LogP contribution in [0.1, 0.15) is 52.8 Å². The zero-order chi connectivity index (χ0) is 25.0. The summed E-state index contributed by atoms with van der Waals surface area (Å²) < 4.78 is 2.68. The number of nitrogens with one attached hydrogen (secondary N) is 2. The van der Waals surface area contributed by atoms with E-state index in [2.05, 4.69) is 36.8 Å². The molecule has 2 amide bonds. The molecule has 3 aromatic rings. The molecule has 0 saturated carbocycles. The molecule has 1 atom stereocenters. The standard InChI is InChI=1S/C25H30BrN5O2S/c1-14(2)22(28-24(33)18-9-7-15(3)8-10-18)23-29-30-25(31(23)6)34-13-21(32)27-20-12-17(5)16(4)11-19(20)26/h7-12,14,22H,13H2,1-6H3,(H,27,32)(H,28,33)/t22-/m0/s1. The van der Waals surface area contributed by atoms with Gasteiger partial charge in [-0.05, 0) is 78.0 Å². The molecule has 0 fully saturated rings. The summed E-state index contributed by atoms with van der Waals surface area (Å²) in [5, 5.41) is 15.2. The molecule has 0 aliphatic heterocycles. The Kier molecular flexibility index (Phi) is 8.54. The Morgan fingerprint density at radius 3 is 2.35 bits per heavy atom. The molecule has 180 valence electrons. The molecule has 2 N–H and O–H groups in total. The molecule has 1 heterocycles. The summed E-state index contributed by atoms with van der Waals surface area (Å²) in [4.78, 5) is 25.3. The summed E-state index contributed by atoms with van der Waals surface area (Å²) in [5.74, 6) is 0.643. The van der Waals surface area contributed by atoms with Gasteiger partial charge in [-0.3, -0.25) is 9.59 Å². The van der Waals surface area contributed by atoms with Crippen molar-refractivity contribution < 1.29 is 9.59 Å². The van der Waals surface area contributed by atoms with Gasteiger partial charge in [0.15, 0.2) is 11.0 Å². The number of carbonyl (C=O) groups excluding carboxylic acids is 2. The highest BCUT2D eigenvalue weighted by molar-refractivity contribution is 9.10. The van der Waals surface area contributed by atoms with Gasteiger partial charge in [0.2, 0.25) is 5.91 Å². The van der Waals surface area contributed by atoms with Crippen LogP contribution in [-0.4, -0.2) is 32.3 Å². The molecule has 3 rings (SSSR count). The van der Waals surface area contributed by atoms with Crippen molar-refractivity contribution >= 4 is 45.2 Å². The van der Waals surface area contributed by atoms with Crippen LogP contribution in [0, 0.1) is 26.7 Å². The number of thioether (sulfide) groups is 1. The molecule has 9 heteroatoms. The maximum Gasteiger partial charge on any atom is 0.251 e. The van der Waals surface area contributed by atoms with Crippen molar-refractivity contribution in [3.63, 3.8) is 0 Å². The number of halogens is 1. The number of aryl methyl sites for hydroxylation is 3. The van der Waals surface area contributed by atoms with Gasteiger partial charge in [0.1, 0.15) is 0 Å². The lowest BCUT2D eigenvalue weighted by atomic mass is 10.0. The van der Waals surface area contributed by atoms with Crippen molar-refractivity contribution in [3.05, 3.63) is 68.9 Å². The number of aromatic nitrogens is 3. The fourth-order valence-electron chi connectivity index (χ4n) is 3.37. The highest BCUT2D eigenvalue weighted by Crippen LogP contribution is 2.27. The zero-order valence-electron chi connectivity index (χ0n) is 20.3. The quantitative estimate of drug-likeness (QED) is 0.373. The van der Waals surface area contributed by atoms with Crippen molar-refractivity contribution in [1.82, 2.24) is 20.1 Å². The van der Waals surface area contributed by atoms with E-state index in [0.717, 1.165) is 26.9 Å². The Balaban J connectivity index is 1.67. The summed E-state index contributed by atoms with van der Waals surface area (Å²) in [6.45, 7) is 10.1. The first kappa shape index (κ1) is 26.0. The van der Waals surface area contributed by atoms with Crippen molar-refractivity contribution in [2.75, 3.05) is 11.1 Å². The van der Waals surface area contributed by atoms with Crippen LogP contribution < -0.4 is 10.6 Å². The monoisotopic (exact) mass is 543 g/mol. The minimum absolute atomic E-state index is 0.0978. The second kappa shape index (κ2) is 11.2. The van der Waals surface area contributed by atoms with Gasteiger partial charge in [0, 0.05) is 17.1 Å². The molecule has 34 heavy (non-hydrogen) atoms. The maximum atomic E-state index is 12.8. The van der Waals surface area contributed by atoms with E-state index in [1.54, 1.807) is 0 Å². The van der Waals surface area contributed by atoms with Crippen LogP contribution in [-0.2, 0) is 11.8 Å². The first-order valence-corrected chi connectivity index (χ1v) is 12.8. The largest absolute Gasteiger partial charge is 0.342 e. The van der Waals surface area contributed by atoms with E-state index in [0.29, 0.717) is 16.5 Å². The molecule has 0 saturated heterocycles. The summed E-state index contributed by atoms with van der Waals surface area (Å²) in [5.41, 5.74) is 4.70. The third kappa shape index (κ3) is 6.27. The number of hydrogen-bond donors (Lipinski definition) is 2.